The summed E-state index contributed by atoms with van der Waals surface area (Å²) in [5.74, 6) is -1.08. The minimum atomic E-state index is -1.28. The molecule has 2 aromatic carbocycles. The molecule has 2 aromatic heterocycles. The minimum absolute atomic E-state index is 0.00511. The molecular weight excluding hydrogens is 586 g/mol. The molecule has 0 saturated carbocycles. The summed E-state index contributed by atoms with van der Waals surface area (Å²) in [4.78, 5) is 20.9. The fourth-order valence-corrected chi connectivity index (χ4v) is 6.60. The number of aromatic nitrogens is 3. The van der Waals surface area contributed by atoms with Crippen molar-refractivity contribution in [2.24, 2.45) is 5.92 Å². The number of benzene rings is 2. The number of ether oxygens (including phenoxy) is 4. The maximum Gasteiger partial charge on any atom is 0.303 e. The summed E-state index contributed by atoms with van der Waals surface area (Å²) in [5.41, 5.74) is 4.94. The Bertz CT molecular complexity index is 1590. The molecule has 4 heterocycles. The Morgan fingerprint density at radius 3 is 2.42 bits per heavy atom. The second-order valence-corrected chi connectivity index (χ2v) is 18.4. The van der Waals surface area contributed by atoms with Crippen LogP contribution in [0.3, 0.4) is 0 Å². The van der Waals surface area contributed by atoms with Crippen LogP contribution >= 0.6 is 11.6 Å². The molecule has 0 aliphatic carbocycles. The zero-order valence-electron chi connectivity index (χ0n) is 24.5. The minimum Gasteiger partial charge on any atom is -0.481 e. The number of carboxylic acid groups (broad SMARTS) is 1. The number of carboxylic acids is 1. The molecular formula is C32H36ClN3O6Si. The molecule has 0 amide bonds. The second-order valence-electron chi connectivity index (χ2n) is 12.4. The van der Waals surface area contributed by atoms with Crippen LogP contribution in [0.15, 0.2) is 60.7 Å². The summed E-state index contributed by atoms with van der Waals surface area (Å²) in [6.45, 7) is 8.38. The second kappa shape index (κ2) is 12.4. The SMILES string of the molecule is C[Si](C)(C)CCOCn1c(O[C@@H]2CO[C@@H]3[C@H](CC(=O)O)CO[C@H]32)nc2nc(-c3ccc(-c4ccccc4)cc3)c(Cl)cc21. The Morgan fingerprint density at radius 1 is 1.00 bits per heavy atom. The summed E-state index contributed by atoms with van der Waals surface area (Å²) >= 11 is 6.83. The number of carbonyl (C=O) groups is 1. The van der Waals surface area contributed by atoms with E-state index in [1.807, 2.05) is 41.0 Å². The smallest absolute Gasteiger partial charge is 0.303 e. The Hall–Kier alpha value is -3.28. The highest BCUT2D eigenvalue weighted by atomic mass is 35.5. The molecule has 2 aliphatic heterocycles. The van der Waals surface area contributed by atoms with Crippen LogP contribution in [0.1, 0.15) is 6.42 Å². The summed E-state index contributed by atoms with van der Waals surface area (Å²) in [6, 6.07) is 21.5. The number of hydrogen-bond acceptors (Lipinski definition) is 7. The normalized spacial score (nSPS) is 21.8. The molecule has 43 heavy (non-hydrogen) atoms. The van der Waals surface area contributed by atoms with Crippen molar-refractivity contribution in [3.05, 3.63) is 65.7 Å². The lowest BCUT2D eigenvalue weighted by molar-refractivity contribution is -0.138. The van der Waals surface area contributed by atoms with Gasteiger partial charge in [0, 0.05) is 26.2 Å². The van der Waals surface area contributed by atoms with Gasteiger partial charge in [-0.1, -0.05) is 85.8 Å². The van der Waals surface area contributed by atoms with Crippen LogP contribution in [0.5, 0.6) is 6.01 Å². The van der Waals surface area contributed by atoms with Crippen LogP contribution in [0.25, 0.3) is 33.5 Å². The highest BCUT2D eigenvalue weighted by molar-refractivity contribution is 6.76. The van der Waals surface area contributed by atoms with Gasteiger partial charge in [-0.25, -0.2) is 4.98 Å². The van der Waals surface area contributed by atoms with E-state index in [0.717, 1.165) is 22.7 Å². The van der Waals surface area contributed by atoms with Crippen molar-refractivity contribution in [2.45, 2.75) is 57.1 Å². The third-order valence-corrected chi connectivity index (χ3v) is 9.94. The van der Waals surface area contributed by atoms with Crippen LogP contribution < -0.4 is 4.74 Å². The largest absolute Gasteiger partial charge is 0.481 e. The molecule has 4 atom stereocenters. The van der Waals surface area contributed by atoms with Crippen LogP contribution in [0, 0.1) is 5.92 Å². The van der Waals surface area contributed by atoms with Gasteiger partial charge in [0.25, 0.3) is 0 Å². The molecule has 4 aromatic rings. The Labute approximate surface area is 256 Å². The molecule has 9 nitrogen and oxygen atoms in total. The van der Waals surface area contributed by atoms with E-state index >= 15 is 0 Å². The summed E-state index contributed by atoms with van der Waals surface area (Å²) in [5, 5.41) is 9.77. The van der Waals surface area contributed by atoms with Gasteiger partial charge in [-0.2, -0.15) is 4.98 Å². The molecule has 226 valence electrons. The first-order valence-electron chi connectivity index (χ1n) is 14.6. The molecule has 2 saturated heterocycles. The number of aliphatic carboxylic acids is 1. The van der Waals surface area contributed by atoms with E-state index in [2.05, 4.69) is 43.9 Å². The molecule has 0 bridgehead atoms. The first-order chi connectivity index (χ1) is 20.7. The van der Waals surface area contributed by atoms with Gasteiger partial charge >= 0.3 is 12.0 Å². The van der Waals surface area contributed by atoms with E-state index in [9.17, 15) is 9.90 Å². The van der Waals surface area contributed by atoms with Crippen molar-refractivity contribution in [3.63, 3.8) is 0 Å². The number of imidazole rings is 1. The van der Waals surface area contributed by atoms with E-state index < -0.39 is 20.1 Å². The summed E-state index contributed by atoms with van der Waals surface area (Å²) in [7, 11) is -1.28. The van der Waals surface area contributed by atoms with E-state index in [1.54, 1.807) is 0 Å². The summed E-state index contributed by atoms with van der Waals surface area (Å²) < 4.78 is 26.3. The molecule has 0 radical (unpaired) electrons. The molecule has 11 heteroatoms. The first-order valence-corrected chi connectivity index (χ1v) is 18.7. The van der Waals surface area contributed by atoms with Gasteiger partial charge in [0.1, 0.15) is 12.8 Å². The molecule has 6 rings (SSSR count). The number of fused-ring (bicyclic) bond motifs is 2. The van der Waals surface area contributed by atoms with E-state index in [0.29, 0.717) is 41.1 Å². The summed E-state index contributed by atoms with van der Waals surface area (Å²) in [6.07, 6.45) is -1.15. The lowest BCUT2D eigenvalue weighted by Gasteiger charge is -2.19. The van der Waals surface area contributed by atoms with Crippen molar-refractivity contribution in [3.8, 4) is 28.4 Å². The maximum absolute atomic E-state index is 11.3. The van der Waals surface area contributed by atoms with Gasteiger partial charge in [-0.15, -0.1) is 0 Å². The molecule has 2 fully saturated rings. The molecule has 0 unspecified atom stereocenters. The number of pyridine rings is 1. The van der Waals surface area contributed by atoms with Gasteiger partial charge in [0.15, 0.2) is 11.8 Å². The van der Waals surface area contributed by atoms with Crippen molar-refractivity contribution in [2.75, 3.05) is 19.8 Å². The lowest BCUT2D eigenvalue weighted by Crippen LogP contribution is -2.34. The van der Waals surface area contributed by atoms with Crippen molar-refractivity contribution < 1.29 is 28.8 Å². The van der Waals surface area contributed by atoms with Crippen LogP contribution in [-0.4, -0.2) is 71.8 Å². The van der Waals surface area contributed by atoms with Gasteiger partial charge < -0.3 is 24.1 Å². The van der Waals surface area contributed by atoms with Crippen LogP contribution in [0.4, 0.5) is 0 Å². The standard InChI is InChI=1S/C32H36ClN3O6Si/c1-43(2,3)14-13-39-19-36-25-16-24(33)28(22-11-9-21(10-12-22)20-7-5-4-6-8-20)34-31(25)35-32(36)42-26-18-41-29-23(15-27(37)38)17-40-30(26)29/h4-12,16,23,26,29-30H,13-15,17-19H2,1-3H3,(H,37,38)/t23-,26-,29-,30+/m1/s1. The fraction of sp³-hybridized carbons (Fsp3) is 0.406. The zero-order valence-corrected chi connectivity index (χ0v) is 26.3. The number of hydrogen-bond donors (Lipinski definition) is 1. The first kappa shape index (κ1) is 29.8. The number of rotatable bonds is 11. The maximum atomic E-state index is 11.3. The third-order valence-electron chi connectivity index (χ3n) is 7.95. The third kappa shape index (κ3) is 6.63. The van der Waals surface area contributed by atoms with Gasteiger partial charge in [0.2, 0.25) is 0 Å². The predicted octanol–water partition coefficient (Wildman–Crippen LogP) is 6.37. The van der Waals surface area contributed by atoms with E-state index in [4.69, 9.17) is 40.5 Å². The zero-order chi connectivity index (χ0) is 30.1. The van der Waals surface area contributed by atoms with Crippen molar-refractivity contribution >= 4 is 36.8 Å². The van der Waals surface area contributed by atoms with Crippen LogP contribution in [0.2, 0.25) is 30.7 Å². The Balaban J connectivity index is 1.28. The topological polar surface area (TPSA) is 105 Å². The predicted molar refractivity (Wildman–Crippen MR) is 167 cm³/mol. The quantitative estimate of drug-likeness (QED) is 0.152. The highest BCUT2D eigenvalue weighted by Gasteiger charge is 2.49. The molecule has 0 spiro atoms. The molecule has 1 N–H and O–H groups in total. The number of halogens is 1. The molecule has 2 aliphatic rings. The van der Waals surface area contributed by atoms with Gasteiger partial charge in [0.05, 0.1) is 42.0 Å². The van der Waals surface area contributed by atoms with Gasteiger partial charge in [-0.3, -0.25) is 9.36 Å². The van der Waals surface area contributed by atoms with Crippen molar-refractivity contribution in [1.82, 2.24) is 14.5 Å². The average molecular weight is 622 g/mol. The van der Waals surface area contributed by atoms with Crippen molar-refractivity contribution in [1.29, 1.82) is 0 Å². The highest BCUT2D eigenvalue weighted by Crippen LogP contribution is 2.37. The van der Waals surface area contributed by atoms with Crippen LogP contribution in [-0.2, 0) is 25.7 Å². The fourth-order valence-electron chi connectivity index (χ4n) is 5.59. The van der Waals surface area contributed by atoms with E-state index in [1.165, 1.54) is 0 Å². The Kier molecular flexibility index (Phi) is 8.57. The Morgan fingerprint density at radius 2 is 1.70 bits per heavy atom. The van der Waals surface area contributed by atoms with Gasteiger partial charge in [-0.05, 0) is 23.2 Å². The number of nitrogens with zero attached hydrogens (tertiary/aromatic N) is 3. The monoisotopic (exact) mass is 621 g/mol. The van der Waals surface area contributed by atoms with E-state index in [-0.39, 0.29) is 37.9 Å². The lowest BCUT2D eigenvalue weighted by atomic mass is 9.98. The average Bonchev–Trinajstić information content (AvgIpc) is 3.65.